The van der Waals surface area contributed by atoms with Crippen LogP contribution in [0.1, 0.15) is 51.5 Å². The molecule has 216 valence electrons. The number of rotatable bonds is 7. The molecule has 2 heterocycles. The van der Waals surface area contributed by atoms with Crippen molar-refractivity contribution in [2.24, 2.45) is 5.92 Å². The third-order valence-electron chi connectivity index (χ3n) is 6.98. The van der Waals surface area contributed by atoms with Crippen LogP contribution in [0.2, 0.25) is 0 Å². The van der Waals surface area contributed by atoms with E-state index in [1.54, 1.807) is 24.3 Å². The Balaban J connectivity index is 1.85. The molecular formula is C28H42N4O7. The van der Waals surface area contributed by atoms with Crippen LogP contribution in [0.25, 0.3) is 0 Å². The minimum Gasteiger partial charge on any atom is -0.484 e. The summed E-state index contributed by atoms with van der Waals surface area (Å²) < 4.78 is 10.8. The second-order valence-electron chi connectivity index (χ2n) is 10.8. The Labute approximate surface area is 230 Å². The normalized spacial score (nSPS) is 25.2. The predicted molar refractivity (Wildman–Crippen MR) is 144 cm³/mol. The summed E-state index contributed by atoms with van der Waals surface area (Å²) in [4.78, 5) is 54.0. The lowest BCUT2D eigenvalue weighted by atomic mass is 9.92. The van der Waals surface area contributed by atoms with E-state index >= 15 is 0 Å². The molecule has 0 spiro atoms. The molecule has 11 nitrogen and oxygen atoms in total. The van der Waals surface area contributed by atoms with Gasteiger partial charge in [-0.3, -0.25) is 19.2 Å². The lowest BCUT2D eigenvalue weighted by Gasteiger charge is -2.30. The van der Waals surface area contributed by atoms with Crippen LogP contribution in [0, 0.1) is 5.92 Å². The molecule has 1 aromatic carbocycles. The molecule has 1 saturated carbocycles. The predicted octanol–water partition coefficient (Wildman–Crippen LogP) is 0.532. The monoisotopic (exact) mass is 546 g/mol. The van der Waals surface area contributed by atoms with Crippen LogP contribution in [-0.2, 0) is 30.3 Å². The third kappa shape index (κ3) is 9.81. The first kappa shape index (κ1) is 30.4. The molecule has 1 aromatic rings. The quantitative estimate of drug-likeness (QED) is 0.365. The van der Waals surface area contributed by atoms with E-state index in [1.807, 2.05) is 13.8 Å². The molecule has 1 fully saturated rings. The topological polar surface area (TPSA) is 146 Å². The Morgan fingerprint density at radius 2 is 1.79 bits per heavy atom. The number of methoxy groups -OCH3 is 1. The van der Waals surface area contributed by atoms with Crippen molar-refractivity contribution >= 4 is 23.6 Å². The molecule has 4 rings (SSSR count). The van der Waals surface area contributed by atoms with E-state index in [2.05, 4.69) is 16.0 Å². The molecule has 39 heavy (non-hydrogen) atoms. The summed E-state index contributed by atoms with van der Waals surface area (Å²) in [6.07, 6.45) is 2.84. The van der Waals surface area contributed by atoms with Crippen LogP contribution in [0.4, 0.5) is 0 Å². The summed E-state index contributed by atoms with van der Waals surface area (Å²) in [5.74, 6) is -1.06. The highest BCUT2D eigenvalue weighted by Crippen LogP contribution is 2.19. The van der Waals surface area contributed by atoms with Gasteiger partial charge in [-0.1, -0.05) is 26.0 Å². The smallest absolute Gasteiger partial charge is 0.258 e. The lowest BCUT2D eigenvalue weighted by molar-refractivity contribution is -0.141. The van der Waals surface area contributed by atoms with Crippen LogP contribution in [0.15, 0.2) is 24.3 Å². The molecule has 2 aliphatic heterocycles. The number of hydrogen-bond donors (Lipinski definition) is 4. The number of aliphatic hydroxyl groups is 1. The van der Waals surface area contributed by atoms with Crippen molar-refractivity contribution in [3.8, 4) is 5.75 Å². The third-order valence-corrected chi connectivity index (χ3v) is 6.98. The van der Waals surface area contributed by atoms with Gasteiger partial charge in [-0.25, -0.2) is 0 Å². The number of amides is 4. The van der Waals surface area contributed by atoms with Crippen molar-refractivity contribution < 1.29 is 33.8 Å². The zero-order valence-corrected chi connectivity index (χ0v) is 23.1. The van der Waals surface area contributed by atoms with Crippen LogP contribution < -0.4 is 20.7 Å². The van der Waals surface area contributed by atoms with Crippen LogP contribution >= 0.6 is 0 Å². The Morgan fingerprint density at radius 1 is 1.10 bits per heavy atom. The average molecular weight is 547 g/mol. The number of hydrogen-bond acceptors (Lipinski definition) is 7. The Bertz CT molecular complexity index is 977. The summed E-state index contributed by atoms with van der Waals surface area (Å²) in [6, 6.07) is 5.20. The first-order valence-electron chi connectivity index (χ1n) is 13.7. The van der Waals surface area contributed by atoms with Gasteiger partial charge in [-0.15, -0.1) is 0 Å². The maximum absolute atomic E-state index is 13.5. The summed E-state index contributed by atoms with van der Waals surface area (Å²) in [5.41, 5.74) is 0.794. The van der Waals surface area contributed by atoms with E-state index in [0.29, 0.717) is 37.9 Å². The van der Waals surface area contributed by atoms with E-state index in [4.69, 9.17) is 9.47 Å². The Kier molecular flexibility index (Phi) is 11.5. The standard InChI is InChI=1S/C28H42N4O7/c1-18(2)14-24-28(37)32(12-13-38-3)16-25(34)30-23(27(36)29-20-6-8-21(33)9-7-20)15-19-4-10-22(11-5-19)39-17-26(35)31-24/h4-5,10-11,18,20-21,23-24,33H,6-9,12-17H2,1-3H3,(H,29,36)(H,30,34)(H,31,35)/t20?,21?,23-,24-/m0/s1. The van der Waals surface area contributed by atoms with Crippen molar-refractivity contribution in [2.45, 2.75) is 76.6 Å². The fourth-order valence-electron chi connectivity index (χ4n) is 4.87. The maximum Gasteiger partial charge on any atom is 0.258 e. The largest absolute Gasteiger partial charge is 0.484 e. The van der Waals surface area contributed by atoms with Crippen molar-refractivity contribution in [1.82, 2.24) is 20.9 Å². The van der Waals surface area contributed by atoms with Crippen LogP contribution in [0.5, 0.6) is 5.75 Å². The molecule has 4 N–H and O–H groups in total. The van der Waals surface area contributed by atoms with E-state index < -0.39 is 29.8 Å². The summed E-state index contributed by atoms with van der Waals surface area (Å²) in [6.45, 7) is 3.68. The zero-order chi connectivity index (χ0) is 28.4. The molecule has 1 aliphatic carbocycles. The van der Waals surface area contributed by atoms with Gasteiger partial charge in [0.2, 0.25) is 17.7 Å². The number of fused-ring (bicyclic) bond motifs is 13. The van der Waals surface area contributed by atoms with Crippen LogP contribution in [0.3, 0.4) is 0 Å². The van der Waals surface area contributed by atoms with Gasteiger partial charge in [0.1, 0.15) is 17.8 Å². The minimum absolute atomic E-state index is 0.0749. The van der Waals surface area contributed by atoms with Gasteiger partial charge < -0.3 is 35.4 Å². The number of carbonyl (C=O) groups excluding carboxylic acids is 4. The highest BCUT2D eigenvalue weighted by molar-refractivity contribution is 5.93. The molecule has 0 radical (unpaired) electrons. The van der Waals surface area contributed by atoms with Gasteiger partial charge in [-0.2, -0.15) is 0 Å². The first-order chi connectivity index (χ1) is 18.6. The fraction of sp³-hybridized carbons (Fsp3) is 0.643. The first-order valence-corrected chi connectivity index (χ1v) is 13.7. The lowest BCUT2D eigenvalue weighted by Crippen LogP contribution is -2.56. The summed E-state index contributed by atoms with van der Waals surface area (Å²) >= 11 is 0. The van der Waals surface area contributed by atoms with Gasteiger partial charge >= 0.3 is 0 Å². The molecule has 0 aromatic heterocycles. The van der Waals surface area contributed by atoms with E-state index in [-0.39, 0.29) is 56.7 Å². The van der Waals surface area contributed by atoms with Gasteiger partial charge in [-0.05, 0) is 55.7 Å². The molecule has 11 heteroatoms. The molecule has 4 amide bonds. The van der Waals surface area contributed by atoms with Crippen LogP contribution in [-0.4, -0.2) is 91.3 Å². The summed E-state index contributed by atoms with van der Waals surface area (Å²) in [7, 11) is 1.50. The number of aliphatic hydroxyl groups excluding tert-OH is 1. The van der Waals surface area contributed by atoms with E-state index in [9.17, 15) is 24.3 Å². The average Bonchev–Trinajstić information content (AvgIpc) is 2.90. The number of ether oxygens (including phenoxy) is 2. The fourth-order valence-corrected chi connectivity index (χ4v) is 4.87. The Hall–Kier alpha value is -3.18. The molecular weight excluding hydrogens is 504 g/mol. The molecule has 0 unspecified atom stereocenters. The van der Waals surface area contributed by atoms with Gasteiger partial charge in [0, 0.05) is 26.1 Å². The second-order valence-corrected chi connectivity index (χ2v) is 10.8. The van der Waals surface area contributed by atoms with E-state index in [0.717, 1.165) is 5.56 Å². The molecule has 2 bridgehead atoms. The number of nitrogens with one attached hydrogen (secondary N) is 3. The SMILES string of the molecule is COCCN1CC(=O)N[C@H](C(=O)NC2CCC(O)CC2)Cc2ccc(cc2)OCC(=O)N[C@@H](CC(C)C)C1=O. The zero-order valence-electron chi connectivity index (χ0n) is 23.1. The summed E-state index contributed by atoms with van der Waals surface area (Å²) in [5, 5.41) is 18.4. The highest BCUT2D eigenvalue weighted by Gasteiger charge is 2.31. The highest BCUT2D eigenvalue weighted by atomic mass is 16.5. The van der Waals surface area contributed by atoms with Gasteiger partial charge in [0.15, 0.2) is 6.61 Å². The van der Waals surface area contributed by atoms with Crippen molar-refractivity contribution in [3.05, 3.63) is 29.8 Å². The maximum atomic E-state index is 13.5. The molecule has 2 atom stereocenters. The van der Waals surface area contributed by atoms with Crippen molar-refractivity contribution in [3.63, 3.8) is 0 Å². The number of benzene rings is 1. The number of nitrogens with zero attached hydrogens (tertiary/aromatic N) is 1. The second kappa shape index (κ2) is 14.8. The Morgan fingerprint density at radius 3 is 2.44 bits per heavy atom. The van der Waals surface area contributed by atoms with Gasteiger partial charge in [0.05, 0.1) is 19.3 Å². The molecule has 3 aliphatic rings. The minimum atomic E-state index is -0.866. The van der Waals surface area contributed by atoms with Crippen molar-refractivity contribution in [1.29, 1.82) is 0 Å². The number of carbonyl (C=O) groups is 4. The van der Waals surface area contributed by atoms with Gasteiger partial charge in [0.25, 0.3) is 5.91 Å². The van der Waals surface area contributed by atoms with E-state index in [1.165, 1.54) is 12.0 Å². The molecule has 0 saturated heterocycles. The van der Waals surface area contributed by atoms with Crippen molar-refractivity contribution in [2.75, 3.05) is 33.4 Å².